The van der Waals surface area contributed by atoms with E-state index in [1.54, 1.807) is 12.1 Å². The molecule has 0 N–H and O–H groups in total. The highest BCUT2D eigenvalue weighted by Gasteiger charge is 2.45. The van der Waals surface area contributed by atoms with Crippen molar-refractivity contribution in [2.45, 2.75) is 5.41 Å². The Bertz CT molecular complexity index is 3360. The summed E-state index contributed by atoms with van der Waals surface area (Å²) in [5.41, 5.74) is 14.2. The predicted octanol–water partition coefficient (Wildman–Crippen LogP) is 13.7. The van der Waals surface area contributed by atoms with Gasteiger partial charge in [-0.25, -0.2) is 15.0 Å². The van der Waals surface area contributed by atoms with Crippen LogP contribution in [0.25, 0.3) is 78.3 Å². The van der Waals surface area contributed by atoms with Crippen LogP contribution in [0.1, 0.15) is 27.8 Å². The number of benzene rings is 9. The zero-order chi connectivity index (χ0) is 41.2. The van der Waals surface area contributed by atoms with Crippen LogP contribution < -0.4 is 4.74 Å². The molecule has 62 heavy (non-hydrogen) atoms. The first kappa shape index (κ1) is 35.5. The first-order chi connectivity index (χ1) is 30.7. The Hall–Kier alpha value is -8.46. The van der Waals surface area contributed by atoms with Crippen molar-refractivity contribution < 1.29 is 4.74 Å². The van der Waals surface area contributed by atoms with E-state index in [-0.39, 0.29) is 0 Å². The Labute approximate surface area is 358 Å². The molecule has 0 spiro atoms. The van der Waals surface area contributed by atoms with E-state index in [9.17, 15) is 5.26 Å². The van der Waals surface area contributed by atoms with Crippen molar-refractivity contribution in [1.82, 2.24) is 15.0 Å². The standard InChI is InChI=1S/C57H34N4O/c58-35-36-22-24-38(25-23-36)54-59-55(61-56(60-54)48-32-31-47-44-17-8-7-16-43(44)45-18-11-19-46(48)53(45)47)39-28-26-37(27-29-39)40-30-33-50-52(34-40)62-51-21-10-9-20-49(51)57(50,41-12-3-1-4-13-41)42-14-5-2-6-15-42/h1-34H. The topological polar surface area (TPSA) is 71.7 Å². The third-order valence-corrected chi connectivity index (χ3v) is 12.5. The second kappa shape index (κ2) is 14.1. The van der Waals surface area contributed by atoms with Gasteiger partial charge in [0.1, 0.15) is 11.5 Å². The molecule has 10 aromatic rings. The number of hydrogen-bond acceptors (Lipinski definition) is 5. The van der Waals surface area contributed by atoms with Crippen molar-refractivity contribution in [2.24, 2.45) is 0 Å². The number of nitrogens with zero attached hydrogens (tertiary/aromatic N) is 4. The summed E-state index contributed by atoms with van der Waals surface area (Å²) < 4.78 is 6.78. The maximum atomic E-state index is 9.52. The molecular weight excluding hydrogens is 757 g/mol. The molecule has 0 atom stereocenters. The van der Waals surface area contributed by atoms with E-state index in [0.29, 0.717) is 23.0 Å². The van der Waals surface area contributed by atoms with Gasteiger partial charge in [-0.05, 0) is 97.7 Å². The van der Waals surface area contributed by atoms with Gasteiger partial charge in [-0.1, -0.05) is 164 Å². The van der Waals surface area contributed by atoms with Gasteiger partial charge >= 0.3 is 0 Å². The lowest BCUT2D eigenvalue weighted by atomic mass is 9.63. The van der Waals surface area contributed by atoms with Crippen molar-refractivity contribution >= 4 is 10.8 Å². The number of para-hydroxylation sites is 1. The molecule has 0 radical (unpaired) electrons. The highest BCUT2D eigenvalue weighted by atomic mass is 16.5. The summed E-state index contributed by atoms with van der Waals surface area (Å²) in [4.78, 5) is 15.3. The van der Waals surface area contributed by atoms with Crippen LogP contribution >= 0.6 is 0 Å². The summed E-state index contributed by atoms with van der Waals surface area (Å²) >= 11 is 0. The fourth-order valence-corrected chi connectivity index (χ4v) is 9.65. The quantitative estimate of drug-likeness (QED) is 0.168. The summed E-state index contributed by atoms with van der Waals surface area (Å²) in [5, 5.41) is 11.8. The average molecular weight is 791 g/mol. The van der Waals surface area contributed by atoms with E-state index in [4.69, 9.17) is 19.7 Å². The molecule has 12 rings (SSSR count). The van der Waals surface area contributed by atoms with E-state index < -0.39 is 5.41 Å². The second-order valence-corrected chi connectivity index (χ2v) is 15.8. The zero-order valence-corrected chi connectivity index (χ0v) is 33.3. The lowest BCUT2D eigenvalue weighted by Crippen LogP contribution is -2.34. The molecule has 5 heteroatoms. The molecule has 0 fully saturated rings. The van der Waals surface area contributed by atoms with Gasteiger partial charge in [0.15, 0.2) is 17.5 Å². The minimum Gasteiger partial charge on any atom is -0.457 e. The van der Waals surface area contributed by atoms with Gasteiger partial charge in [-0.15, -0.1) is 0 Å². The molecule has 1 aromatic heterocycles. The summed E-state index contributed by atoms with van der Waals surface area (Å²) in [6.07, 6.45) is 0. The molecule has 0 saturated carbocycles. The first-order valence-corrected chi connectivity index (χ1v) is 20.7. The third-order valence-electron chi connectivity index (χ3n) is 12.5. The van der Waals surface area contributed by atoms with Crippen LogP contribution in [0.3, 0.4) is 0 Å². The van der Waals surface area contributed by atoms with Crippen LogP contribution in [-0.2, 0) is 5.41 Å². The van der Waals surface area contributed by atoms with Gasteiger partial charge < -0.3 is 4.74 Å². The number of nitriles is 1. The summed E-state index contributed by atoms with van der Waals surface area (Å²) in [6.45, 7) is 0. The molecule has 2 heterocycles. The SMILES string of the molecule is N#Cc1ccc(-c2nc(-c3ccc(-c4ccc5c(c4)Oc4ccccc4C5(c4ccccc4)c4ccccc4)cc3)nc(-c3ccc4c5c(cccc35)-c3ccccc3-4)n2)cc1. The maximum Gasteiger partial charge on any atom is 0.164 e. The largest absolute Gasteiger partial charge is 0.457 e. The first-order valence-electron chi connectivity index (χ1n) is 20.7. The van der Waals surface area contributed by atoms with Gasteiger partial charge in [0.2, 0.25) is 0 Å². The van der Waals surface area contributed by atoms with Crippen molar-refractivity contribution in [3.8, 4) is 85.1 Å². The Morgan fingerprint density at radius 3 is 1.58 bits per heavy atom. The van der Waals surface area contributed by atoms with Crippen molar-refractivity contribution in [3.63, 3.8) is 0 Å². The number of hydrogen-bond donors (Lipinski definition) is 0. The Kier molecular flexibility index (Phi) is 8.06. The number of fused-ring (bicyclic) bond motifs is 5. The average Bonchev–Trinajstić information content (AvgIpc) is 3.68. The molecule has 1 aliphatic carbocycles. The molecule has 0 bridgehead atoms. The predicted molar refractivity (Wildman–Crippen MR) is 247 cm³/mol. The van der Waals surface area contributed by atoms with Crippen LogP contribution in [0.2, 0.25) is 0 Å². The van der Waals surface area contributed by atoms with Crippen molar-refractivity contribution in [1.29, 1.82) is 5.26 Å². The Morgan fingerprint density at radius 2 is 0.903 bits per heavy atom. The zero-order valence-electron chi connectivity index (χ0n) is 33.3. The van der Waals surface area contributed by atoms with E-state index >= 15 is 0 Å². The highest BCUT2D eigenvalue weighted by Crippen LogP contribution is 2.56. The Morgan fingerprint density at radius 1 is 0.387 bits per heavy atom. The smallest absolute Gasteiger partial charge is 0.164 e. The molecular formula is C57H34N4O. The van der Waals surface area contributed by atoms with Crippen molar-refractivity contribution in [2.75, 3.05) is 0 Å². The van der Waals surface area contributed by atoms with E-state index in [0.717, 1.165) is 55.8 Å². The van der Waals surface area contributed by atoms with E-state index in [1.807, 2.05) is 18.2 Å². The highest BCUT2D eigenvalue weighted by molar-refractivity contribution is 6.18. The maximum absolute atomic E-state index is 9.52. The fraction of sp³-hybridized carbons (Fsp3) is 0.0175. The lowest BCUT2D eigenvalue weighted by molar-refractivity contribution is 0.435. The van der Waals surface area contributed by atoms with Crippen LogP contribution in [0.15, 0.2) is 206 Å². The number of aromatic nitrogens is 3. The number of ether oxygens (including phenoxy) is 1. The van der Waals surface area contributed by atoms with E-state index in [1.165, 1.54) is 38.8 Å². The molecule has 288 valence electrons. The summed E-state index contributed by atoms with van der Waals surface area (Å²) in [6, 6.07) is 73.8. The van der Waals surface area contributed by atoms with Crippen LogP contribution in [0.4, 0.5) is 0 Å². The molecule has 1 aliphatic heterocycles. The van der Waals surface area contributed by atoms with Gasteiger partial charge in [0.05, 0.1) is 17.0 Å². The van der Waals surface area contributed by atoms with Crippen LogP contribution in [0, 0.1) is 11.3 Å². The van der Waals surface area contributed by atoms with Crippen LogP contribution in [-0.4, -0.2) is 15.0 Å². The fourth-order valence-electron chi connectivity index (χ4n) is 9.65. The molecule has 5 nitrogen and oxygen atoms in total. The minimum absolute atomic E-state index is 0.539. The molecule has 0 amide bonds. The summed E-state index contributed by atoms with van der Waals surface area (Å²) in [7, 11) is 0. The van der Waals surface area contributed by atoms with E-state index in [2.05, 4.69) is 182 Å². The third kappa shape index (κ3) is 5.44. The van der Waals surface area contributed by atoms with Crippen molar-refractivity contribution in [3.05, 3.63) is 234 Å². The second-order valence-electron chi connectivity index (χ2n) is 15.8. The van der Waals surface area contributed by atoms with Gasteiger partial charge in [0.25, 0.3) is 0 Å². The molecule has 0 saturated heterocycles. The summed E-state index contributed by atoms with van der Waals surface area (Å²) in [5.74, 6) is 3.35. The molecule has 2 aliphatic rings. The van der Waals surface area contributed by atoms with Gasteiger partial charge in [0, 0.05) is 27.8 Å². The number of rotatable bonds is 6. The monoisotopic (exact) mass is 790 g/mol. The Balaban J connectivity index is 0.969. The lowest BCUT2D eigenvalue weighted by Gasteiger charge is -2.41. The van der Waals surface area contributed by atoms with Gasteiger partial charge in [-0.3, -0.25) is 0 Å². The molecule has 0 unspecified atom stereocenters. The van der Waals surface area contributed by atoms with Crippen LogP contribution in [0.5, 0.6) is 11.5 Å². The van der Waals surface area contributed by atoms with Gasteiger partial charge in [-0.2, -0.15) is 5.26 Å². The molecule has 9 aromatic carbocycles. The minimum atomic E-state index is -0.576. The normalized spacial score (nSPS) is 12.8.